The number of carbonyl (C=O) groups is 2. The lowest BCUT2D eigenvalue weighted by molar-refractivity contribution is 0.171. The molecular weight excluding hydrogens is 272 g/mol. The predicted molar refractivity (Wildman–Crippen MR) is 81.5 cm³/mol. The maximum atomic E-state index is 11.5. The molecule has 0 spiro atoms. The predicted octanol–water partition coefficient (Wildman–Crippen LogP) is 2.30. The van der Waals surface area contributed by atoms with Crippen molar-refractivity contribution < 1.29 is 14.3 Å². The molecule has 1 rings (SSSR count). The van der Waals surface area contributed by atoms with Gasteiger partial charge in [-0.3, -0.25) is 0 Å². The second-order valence-corrected chi connectivity index (χ2v) is 4.63. The van der Waals surface area contributed by atoms with Crippen molar-refractivity contribution in [3.63, 3.8) is 0 Å². The monoisotopic (exact) mass is 292 g/mol. The van der Waals surface area contributed by atoms with Gasteiger partial charge in [0.15, 0.2) is 0 Å². The Morgan fingerprint density at radius 2 is 1.81 bits per heavy atom. The second kappa shape index (κ2) is 7.88. The molecule has 0 aliphatic heterocycles. The number of benzene rings is 1. The van der Waals surface area contributed by atoms with Crippen LogP contribution >= 0.6 is 0 Å². The standard InChI is InChI=1S/C14H20N4O3/c1-9(2)15-13(19)16-12-7-5-11(6-8-12)10(3)17-18-14(20)21-4/h5-9H,1-4H3,(H,18,20)(H2,15,16,19)/b17-10+. The molecule has 1 aromatic rings. The zero-order valence-electron chi connectivity index (χ0n) is 12.6. The molecule has 114 valence electrons. The van der Waals surface area contributed by atoms with Crippen molar-refractivity contribution in [3.8, 4) is 0 Å². The minimum absolute atomic E-state index is 0.0723. The zero-order valence-corrected chi connectivity index (χ0v) is 12.6. The quantitative estimate of drug-likeness (QED) is 0.587. The summed E-state index contributed by atoms with van der Waals surface area (Å²) >= 11 is 0. The fraction of sp³-hybridized carbons (Fsp3) is 0.357. The first-order valence-corrected chi connectivity index (χ1v) is 6.48. The van der Waals surface area contributed by atoms with Crippen molar-refractivity contribution in [2.45, 2.75) is 26.8 Å². The van der Waals surface area contributed by atoms with E-state index in [1.165, 1.54) is 7.11 Å². The van der Waals surface area contributed by atoms with Crippen LogP contribution in [0.25, 0.3) is 0 Å². The van der Waals surface area contributed by atoms with Gasteiger partial charge in [-0.2, -0.15) is 5.10 Å². The van der Waals surface area contributed by atoms with Crippen LogP contribution in [0, 0.1) is 0 Å². The number of carbonyl (C=O) groups excluding carboxylic acids is 2. The van der Waals surface area contributed by atoms with Crippen molar-refractivity contribution in [2.24, 2.45) is 5.10 Å². The molecule has 0 aliphatic rings. The third-order valence-electron chi connectivity index (χ3n) is 2.48. The van der Waals surface area contributed by atoms with Crippen LogP contribution in [0.4, 0.5) is 15.3 Å². The summed E-state index contributed by atoms with van der Waals surface area (Å²) in [7, 11) is 1.27. The highest BCUT2D eigenvalue weighted by Crippen LogP contribution is 2.10. The van der Waals surface area contributed by atoms with Crippen LogP contribution in [0.1, 0.15) is 26.3 Å². The van der Waals surface area contributed by atoms with Gasteiger partial charge in [0.2, 0.25) is 0 Å². The zero-order chi connectivity index (χ0) is 15.8. The number of hydrazone groups is 1. The third kappa shape index (κ3) is 5.94. The van der Waals surface area contributed by atoms with Gasteiger partial charge in [-0.15, -0.1) is 0 Å². The first-order valence-electron chi connectivity index (χ1n) is 6.48. The van der Waals surface area contributed by atoms with Crippen LogP contribution in [-0.2, 0) is 4.74 Å². The molecular formula is C14H20N4O3. The van der Waals surface area contributed by atoms with E-state index < -0.39 is 6.09 Å². The summed E-state index contributed by atoms with van der Waals surface area (Å²) in [6, 6.07) is 6.92. The minimum atomic E-state index is -0.627. The Balaban J connectivity index is 2.65. The maximum absolute atomic E-state index is 11.5. The topological polar surface area (TPSA) is 91.8 Å². The molecule has 0 saturated heterocycles. The average Bonchev–Trinajstić information content (AvgIpc) is 2.44. The summed E-state index contributed by atoms with van der Waals surface area (Å²) in [4.78, 5) is 22.5. The van der Waals surface area contributed by atoms with Crippen LogP contribution < -0.4 is 16.1 Å². The lowest BCUT2D eigenvalue weighted by Gasteiger charge is -2.10. The summed E-state index contributed by atoms with van der Waals surface area (Å²) < 4.78 is 4.42. The first-order chi connectivity index (χ1) is 9.92. The number of urea groups is 1. The molecule has 1 aromatic carbocycles. The number of anilines is 1. The highest BCUT2D eigenvalue weighted by Gasteiger charge is 2.04. The van der Waals surface area contributed by atoms with Crippen molar-refractivity contribution in [3.05, 3.63) is 29.8 Å². The van der Waals surface area contributed by atoms with Gasteiger partial charge in [0.25, 0.3) is 0 Å². The lowest BCUT2D eigenvalue weighted by Crippen LogP contribution is -2.34. The number of nitrogens with one attached hydrogen (secondary N) is 3. The summed E-state index contributed by atoms with van der Waals surface area (Å²) in [5.74, 6) is 0. The van der Waals surface area contributed by atoms with Gasteiger partial charge >= 0.3 is 12.1 Å². The summed E-state index contributed by atoms with van der Waals surface area (Å²) in [5.41, 5.74) is 4.36. The lowest BCUT2D eigenvalue weighted by atomic mass is 10.1. The Bertz CT molecular complexity index is 524. The van der Waals surface area contributed by atoms with E-state index in [2.05, 4.69) is 25.9 Å². The summed E-state index contributed by atoms with van der Waals surface area (Å²) in [5, 5.41) is 9.34. The third-order valence-corrected chi connectivity index (χ3v) is 2.48. The van der Waals surface area contributed by atoms with Crippen molar-refractivity contribution >= 4 is 23.5 Å². The van der Waals surface area contributed by atoms with Gasteiger partial charge in [0.05, 0.1) is 12.8 Å². The van der Waals surface area contributed by atoms with E-state index in [1.54, 1.807) is 31.2 Å². The summed E-state index contributed by atoms with van der Waals surface area (Å²) in [6.07, 6.45) is -0.627. The molecule has 0 heterocycles. The Hall–Kier alpha value is -2.57. The average molecular weight is 292 g/mol. The van der Waals surface area contributed by atoms with Gasteiger partial charge in [-0.05, 0) is 38.5 Å². The Labute approximate surface area is 123 Å². The largest absolute Gasteiger partial charge is 0.452 e. The van der Waals surface area contributed by atoms with Crippen molar-refractivity contribution in [1.29, 1.82) is 0 Å². The molecule has 7 nitrogen and oxygen atoms in total. The van der Waals surface area contributed by atoms with E-state index in [4.69, 9.17) is 0 Å². The summed E-state index contributed by atoms with van der Waals surface area (Å²) in [6.45, 7) is 5.53. The SMILES string of the molecule is COC(=O)N/N=C(\C)c1ccc(NC(=O)NC(C)C)cc1. The number of methoxy groups -OCH3 is 1. The molecule has 0 aliphatic carbocycles. The molecule has 0 aromatic heterocycles. The fourth-order valence-corrected chi connectivity index (χ4v) is 1.46. The van der Waals surface area contributed by atoms with E-state index in [0.29, 0.717) is 11.4 Å². The van der Waals surface area contributed by atoms with Gasteiger partial charge in [-0.1, -0.05) is 12.1 Å². The molecule has 0 fully saturated rings. The van der Waals surface area contributed by atoms with Crippen molar-refractivity contribution in [2.75, 3.05) is 12.4 Å². The molecule has 7 heteroatoms. The van der Waals surface area contributed by atoms with Gasteiger partial charge in [0.1, 0.15) is 0 Å². The molecule has 0 unspecified atom stereocenters. The number of nitrogens with zero attached hydrogens (tertiary/aromatic N) is 1. The Morgan fingerprint density at radius 3 is 2.33 bits per heavy atom. The van der Waals surface area contributed by atoms with Crippen molar-refractivity contribution in [1.82, 2.24) is 10.7 Å². The van der Waals surface area contributed by atoms with Crippen LogP contribution in [-0.4, -0.2) is 31.0 Å². The Kier molecular flexibility index (Phi) is 6.19. The number of ether oxygens (including phenoxy) is 1. The van der Waals surface area contributed by atoms with Gasteiger partial charge in [0, 0.05) is 11.7 Å². The minimum Gasteiger partial charge on any atom is -0.452 e. The highest BCUT2D eigenvalue weighted by molar-refractivity contribution is 5.99. The number of hydrogen-bond acceptors (Lipinski definition) is 4. The maximum Gasteiger partial charge on any atom is 0.427 e. The molecule has 0 saturated carbocycles. The normalized spacial score (nSPS) is 11.0. The van der Waals surface area contributed by atoms with E-state index >= 15 is 0 Å². The number of amides is 3. The van der Waals surface area contributed by atoms with Crippen LogP contribution in [0.2, 0.25) is 0 Å². The molecule has 0 radical (unpaired) electrons. The smallest absolute Gasteiger partial charge is 0.427 e. The number of hydrogen-bond donors (Lipinski definition) is 3. The second-order valence-electron chi connectivity index (χ2n) is 4.63. The molecule has 21 heavy (non-hydrogen) atoms. The fourth-order valence-electron chi connectivity index (χ4n) is 1.46. The highest BCUT2D eigenvalue weighted by atomic mass is 16.5. The molecule has 0 bridgehead atoms. The van der Waals surface area contributed by atoms with Crippen LogP contribution in [0.3, 0.4) is 0 Å². The van der Waals surface area contributed by atoms with Gasteiger partial charge < -0.3 is 15.4 Å². The van der Waals surface area contributed by atoms with Gasteiger partial charge in [-0.25, -0.2) is 15.0 Å². The van der Waals surface area contributed by atoms with E-state index in [1.807, 2.05) is 13.8 Å². The first kappa shape index (κ1) is 16.5. The molecule has 3 N–H and O–H groups in total. The van der Waals surface area contributed by atoms with E-state index in [-0.39, 0.29) is 12.1 Å². The van der Waals surface area contributed by atoms with Crippen LogP contribution in [0.15, 0.2) is 29.4 Å². The van der Waals surface area contributed by atoms with E-state index in [0.717, 1.165) is 5.56 Å². The molecule has 0 atom stereocenters. The van der Waals surface area contributed by atoms with E-state index in [9.17, 15) is 9.59 Å². The Morgan fingerprint density at radius 1 is 1.19 bits per heavy atom. The molecule has 3 amide bonds. The number of rotatable bonds is 4. The van der Waals surface area contributed by atoms with Crippen LogP contribution in [0.5, 0.6) is 0 Å².